The maximum Gasteiger partial charge on any atom is 0.243 e. The number of hydrogen-bond acceptors (Lipinski definition) is 5. The standard InChI is InChI=1S/C14H17NO5S/c16-21(17,15-10-1-2-11(15)9-18-8-10)12-3-4-13-14(7-12)20-6-5-19-13/h3-4,7,10-11H,1-2,5-6,8-9H2/t10-,11-/m1/s1. The molecule has 6 nitrogen and oxygen atoms in total. The largest absolute Gasteiger partial charge is 0.486 e. The molecule has 2 bridgehead atoms. The monoisotopic (exact) mass is 311 g/mol. The zero-order valence-electron chi connectivity index (χ0n) is 11.5. The van der Waals surface area contributed by atoms with E-state index in [0.29, 0.717) is 37.9 Å². The molecule has 0 saturated carbocycles. The summed E-state index contributed by atoms with van der Waals surface area (Å²) >= 11 is 0. The molecule has 2 fully saturated rings. The number of sulfonamides is 1. The SMILES string of the molecule is O=S(=O)(c1ccc2c(c1)OCCO2)N1[C@@H]2CC[C@@H]1COC2. The molecule has 0 amide bonds. The second-order valence-corrected chi connectivity index (χ2v) is 7.41. The van der Waals surface area contributed by atoms with Crippen molar-refractivity contribution in [2.45, 2.75) is 29.8 Å². The van der Waals surface area contributed by atoms with E-state index in [0.717, 1.165) is 12.8 Å². The van der Waals surface area contributed by atoms with Gasteiger partial charge in [-0.05, 0) is 25.0 Å². The van der Waals surface area contributed by atoms with Crippen molar-refractivity contribution in [1.82, 2.24) is 4.31 Å². The van der Waals surface area contributed by atoms with Gasteiger partial charge in [0.15, 0.2) is 11.5 Å². The highest BCUT2D eigenvalue weighted by Crippen LogP contribution is 2.37. The molecule has 21 heavy (non-hydrogen) atoms. The quantitative estimate of drug-likeness (QED) is 0.815. The van der Waals surface area contributed by atoms with E-state index >= 15 is 0 Å². The van der Waals surface area contributed by atoms with Crippen LogP contribution >= 0.6 is 0 Å². The zero-order chi connectivity index (χ0) is 14.4. The third-order valence-corrected chi connectivity index (χ3v) is 6.26. The van der Waals surface area contributed by atoms with Gasteiger partial charge in [0.05, 0.1) is 18.1 Å². The third kappa shape index (κ3) is 2.11. The van der Waals surface area contributed by atoms with E-state index in [1.807, 2.05) is 0 Å². The van der Waals surface area contributed by atoms with E-state index in [9.17, 15) is 8.42 Å². The maximum atomic E-state index is 12.9. The molecule has 114 valence electrons. The molecule has 2 atom stereocenters. The lowest BCUT2D eigenvalue weighted by molar-refractivity contribution is 0.0269. The summed E-state index contributed by atoms with van der Waals surface area (Å²) in [5.74, 6) is 1.10. The van der Waals surface area contributed by atoms with E-state index in [4.69, 9.17) is 14.2 Å². The van der Waals surface area contributed by atoms with Crippen LogP contribution in [-0.2, 0) is 14.8 Å². The number of ether oxygens (including phenoxy) is 3. The van der Waals surface area contributed by atoms with Gasteiger partial charge in [0.25, 0.3) is 0 Å². The van der Waals surface area contributed by atoms with Crippen LogP contribution in [0.5, 0.6) is 11.5 Å². The molecule has 0 aliphatic carbocycles. The minimum absolute atomic E-state index is 0.0399. The highest BCUT2D eigenvalue weighted by Gasteiger charge is 2.45. The van der Waals surface area contributed by atoms with Crippen molar-refractivity contribution in [2.24, 2.45) is 0 Å². The fourth-order valence-electron chi connectivity index (χ4n) is 3.29. The predicted octanol–water partition coefficient (Wildman–Crippen LogP) is 1.01. The molecule has 0 spiro atoms. The van der Waals surface area contributed by atoms with Gasteiger partial charge in [-0.1, -0.05) is 0 Å². The van der Waals surface area contributed by atoms with Crippen LogP contribution < -0.4 is 9.47 Å². The van der Waals surface area contributed by atoms with Gasteiger partial charge >= 0.3 is 0 Å². The van der Waals surface area contributed by atoms with E-state index < -0.39 is 10.0 Å². The van der Waals surface area contributed by atoms with Crippen molar-refractivity contribution in [2.75, 3.05) is 26.4 Å². The van der Waals surface area contributed by atoms with Gasteiger partial charge < -0.3 is 14.2 Å². The van der Waals surface area contributed by atoms with Gasteiger partial charge in [-0.15, -0.1) is 0 Å². The van der Waals surface area contributed by atoms with Gasteiger partial charge in [-0.2, -0.15) is 4.31 Å². The second-order valence-electron chi connectivity index (χ2n) is 5.56. The topological polar surface area (TPSA) is 65.1 Å². The highest BCUT2D eigenvalue weighted by atomic mass is 32.2. The van der Waals surface area contributed by atoms with Crippen molar-refractivity contribution in [3.63, 3.8) is 0 Å². The molecule has 0 aromatic heterocycles. The Balaban J connectivity index is 1.71. The lowest BCUT2D eigenvalue weighted by Crippen LogP contribution is -2.48. The summed E-state index contributed by atoms with van der Waals surface area (Å²) in [4.78, 5) is 0.269. The summed E-state index contributed by atoms with van der Waals surface area (Å²) in [5, 5.41) is 0. The molecule has 3 aliphatic rings. The minimum atomic E-state index is -3.51. The Morgan fingerprint density at radius 3 is 2.38 bits per heavy atom. The summed E-state index contributed by atoms with van der Waals surface area (Å²) in [7, 11) is -3.51. The van der Waals surface area contributed by atoms with Crippen LogP contribution in [0.4, 0.5) is 0 Å². The number of hydrogen-bond donors (Lipinski definition) is 0. The second kappa shape index (κ2) is 4.86. The Hall–Kier alpha value is -1.31. The first kappa shape index (κ1) is 13.4. The summed E-state index contributed by atoms with van der Waals surface area (Å²) in [6.45, 7) is 1.91. The Kier molecular flexibility index (Phi) is 3.09. The number of fused-ring (bicyclic) bond motifs is 3. The molecule has 0 unspecified atom stereocenters. The molecular weight excluding hydrogens is 294 g/mol. The molecule has 2 saturated heterocycles. The molecule has 3 heterocycles. The van der Waals surface area contributed by atoms with E-state index in [2.05, 4.69) is 0 Å². The van der Waals surface area contributed by atoms with Crippen LogP contribution in [-0.4, -0.2) is 51.2 Å². The Bertz CT molecular complexity index is 643. The van der Waals surface area contributed by atoms with Crippen molar-refractivity contribution >= 4 is 10.0 Å². The average Bonchev–Trinajstić information content (AvgIpc) is 2.78. The van der Waals surface area contributed by atoms with E-state index in [1.165, 1.54) is 0 Å². The van der Waals surface area contributed by atoms with Gasteiger partial charge in [-0.3, -0.25) is 0 Å². The lowest BCUT2D eigenvalue weighted by atomic mass is 10.2. The van der Waals surface area contributed by atoms with Crippen molar-refractivity contribution in [3.05, 3.63) is 18.2 Å². The fourth-order valence-corrected chi connectivity index (χ4v) is 5.15. The Morgan fingerprint density at radius 1 is 1.00 bits per heavy atom. The van der Waals surface area contributed by atoms with Crippen LogP contribution in [0.15, 0.2) is 23.1 Å². The average molecular weight is 311 g/mol. The first-order valence-electron chi connectivity index (χ1n) is 7.17. The smallest absolute Gasteiger partial charge is 0.243 e. The van der Waals surface area contributed by atoms with Gasteiger partial charge in [0.2, 0.25) is 10.0 Å². The molecule has 7 heteroatoms. The highest BCUT2D eigenvalue weighted by molar-refractivity contribution is 7.89. The van der Waals surface area contributed by atoms with E-state index in [-0.39, 0.29) is 17.0 Å². The van der Waals surface area contributed by atoms with Gasteiger partial charge in [0, 0.05) is 18.2 Å². The predicted molar refractivity (Wildman–Crippen MR) is 74.1 cm³/mol. The summed E-state index contributed by atoms with van der Waals surface area (Å²) < 4.78 is 43.8. The molecule has 1 aromatic rings. The third-order valence-electron chi connectivity index (χ3n) is 4.26. The molecule has 0 N–H and O–H groups in total. The van der Waals surface area contributed by atoms with Crippen LogP contribution in [0, 0.1) is 0 Å². The maximum absolute atomic E-state index is 12.9. The van der Waals surface area contributed by atoms with Gasteiger partial charge in [0.1, 0.15) is 13.2 Å². The Labute approximate surface area is 123 Å². The van der Waals surface area contributed by atoms with Crippen LogP contribution in [0.2, 0.25) is 0 Å². The van der Waals surface area contributed by atoms with Crippen molar-refractivity contribution < 1.29 is 22.6 Å². The van der Waals surface area contributed by atoms with Crippen LogP contribution in [0.1, 0.15) is 12.8 Å². The number of nitrogens with zero attached hydrogens (tertiary/aromatic N) is 1. The first-order valence-corrected chi connectivity index (χ1v) is 8.61. The molecule has 0 radical (unpaired) electrons. The summed E-state index contributed by atoms with van der Waals surface area (Å²) in [6, 6.07) is 4.75. The molecule has 4 rings (SSSR count). The molecule has 1 aromatic carbocycles. The normalized spacial score (nSPS) is 28.6. The number of morpholine rings is 1. The molecule has 3 aliphatic heterocycles. The van der Waals surface area contributed by atoms with Crippen molar-refractivity contribution in [1.29, 1.82) is 0 Å². The fraction of sp³-hybridized carbons (Fsp3) is 0.571. The Morgan fingerprint density at radius 2 is 1.67 bits per heavy atom. The van der Waals surface area contributed by atoms with Crippen LogP contribution in [0.3, 0.4) is 0 Å². The van der Waals surface area contributed by atoms with E-state index in [1.54, 1.807) is 22.5 Å². The van der Waals surface area contributed by atoms with Gasteiger partial charge in [-0.25, -0.2) is 8.42 Å². The minimum Gasteiger partial charge on any atom is -0.486 e. The summed E-state index contributed by atoms with van der Waals surface area (Å²) in [5.41, 5.74) is 0. The lowest BCUT2D eigenvalue weighted by Gasteiger charge is -2.33. The zero-order valence-corrected chi connectivity index (χ0v) is 12.3. The summed E-state index contributed by atoms with van der Waals surface area (Å²) in [6.07, 6.45) is 1.74. The first-order chi connectivity index (χ1) is 10.2. The van der Waals surface area contributed by atoms with Crippen molar-refractivity contribution in [3.8, 4) is 11.5 Å². The number of benzene rings is 1. The number of rotatable bonds is 2. The van der Waals surface area contributed by atoms with Crippen LogP contribution in [0.25, 0.3) is 0 Å². The molecular formula is C14H17NO5S.